The summed E-state index contributed by atoms with van der Waals surface area (Å²) >= 11 is 0. The molecule has 0 bridgehead atoms. The number of carboxylic acid groups (broad SMARTS) is 1. The van der Waals surface area contributed by atoms with E-state index in [1.54, 1.807) is 20.8 Å². The lowest BCUT2D eigenvalue weighted by molar-refractivity contribution is -0.151. The van der Waals surface area contributed by atoms with Crippen LogP contribution in [-0.4, -0.2) is 46.7 Å². The Bertz CT molecular complexity index is 446. The number of piperidine rings is 1. The van der Waals surface area contributed by atoms with Gasteiger partial charge in [-0.2, -0.15) is 0 Å². The highest BCUT2D eigenvalue weighted by Gasteiger charge is 2.73. The second kappa shape index (κ2) is 4.30. The van der Waals surface area contributed by atoms with Crippen molar-refractivity contribution in [1.29, 1.82) is 0 Å². The van der Waals surface area contributed by atoms with E-state index >= 15 is 0 Å². The number of carbonyl (C=O) groups is 2. The summed E-state index contributed by atoms with van der Waals surface area (Å²) in [5, 5.41) is 8.89. The van der Waals surface area contributed by atoms with E-state index in [2.05, 4.69) is 0 Å². The normalized spacial score (nSPS) is 32.0. The van der Waals surface area contributed by atoms with Gasteiger partial charge in [-0.3, -0.25) is 4.79 Å². The van der Waals surface area contributed by atoms with Crippen LogP contribution in [0.3, 0.4) is 0 Å². The minimum absolute atomic E-state index is 0.00376. The Labute approximate surface area is 115 Å². The van der Waals surface area contributed by atoms with Crippen LogP contribution in [0.1, 0.15) is 33.6 Å². The maximum atomic E-state index is 14.2. The van der Waals surface area contributed by atoms with Crippen molar-refractivity contribution >= 4 is 12.1 Å². The van der Waals surface area contributed by atoms with Crippen molar-refractivity contribution < 1.29 is 28.2 Å². The molecule has 0 aromatic heterocycles. The first-order valence-corrected chi connectivity index (χ1v) is 6.57. The number of aliphatic carboxylic acids is 1. The average molecular weight is 291 g/mol. The smallest absolute Gasteiger partial charge is 0.410 e. The first kappa shape index (κ1) is 15.0. The molecule has 114 valence electrons. The Morgan fingerprint density at radius 1 is 1.35 bits per heavy atom. The number of hydrogen-bond donors (Lipinski definition) is 1. The average Bonchev–Trinajstić information content (AvgIpc) is 2.96. The number of carboxylic acids is 1. The van der Waals surface area contributed by atoms with Crippen molar-refractivity contribution in [3.63, 3.8) is 0 Å². The molecule has 1 saturated carbocycles. The molecule has 0 radical (unpaired) electrons. The van der Waals surface area contributed by atoms with Crippen LogP contribution in [0.25, 0.3) is 0 Å². The first-order valence-electron chi connectivity index (χ1n) is 6.57. The molecule has 2 fully saturated rings. The molecule has 20 heavy (non-hydrogen) atoms. The van der Waals surface area contributed by atoms with Gasteiger partial charge in [0.2, 0.25) is 0 Å². The van der Waals surface area contributed by atoms with Gasteiger partial charge in [0.1, 0.15) is 5.60 Å². The number of ether oxygens (including phenoxy) is 1. The molecule has 1 spiro atoms. The van der Waals surface area contributed by atoms with Crippen molar-refractivity contribution in [2.75, 3.05) is 13.1 Å². The van der Waals surface area contributed by atoms with Crippen LogP contribution in [0, 0.1) is 11.3 Å². The molecule has 1 amide bonds. The van der Waals surface area contributed by atoms with Crippen LogP contribution in [0.2, 0.25) is 0 Å². The van der Waals surface area contributed by atoms with Gasteiger partial charge in [-0.15, -0.1) is 0 Å². The van der Waals surface area contributed by atoms with E-state index < -0.39 is 41.5 Å². The second-order valence-corrected chi connectivity index (χ2v) is 6.61. The molecule has 1 N–H and O–H groups in total. The molecular weight excluding hydrogens is 272 g/mol. The van der Waals surface area contributed by atoms with Gasteiger partial charge >= 0.3 is 12.1 Å². The van der Waals surface area contributed by atoms with Crippen molar-refractivity contribution in [2.24, 2.45) is 11.3 Å². The highest BCUT2D eigenvalue weighted by atomic mass is 19.3. The van der Waals surface area contributed by atoms with Crippen LogP contribution in [0.15, 0.2) is 0 Å². The minimum atomic E-state index is -3.19. The van der Waals surface area contributed by atoms with Gasteiger partial charge in [-0.05, 0) is 33.6 Å². The van der Waals surface area contributed by atoms with Gasteiger partial charge < -0.3 is 14.7 Å². The molecule has 1 heterocycles. The fourth-order valence-electron chi connectivity index (χ4n) is 2.79. The minimum Gasteiger partial charge on any atom is -0.481 e. The van der Waals surface area contributed by atoms with E-state index in [9.17, 15) is 18.4 Å². The molecule has 1 saturated heterocycles. The first-order chi connectivity index (χ1) is 8.98. The van der Waals surface area contributed by atoms with Crippen molar-refractivity contribution in [3.05, 3.63) is 0 Å². The van der Waals surface area contributed by atoms with Crippen molar-refractivity contribution in [2.45, 2.75) is 45.1 Å². The van der Waals surface area contributed by atoms with Gasteiger partial charge in [0.25, 0.3) is 5.92 Å². The Balaban J connectivity index is 2.05. The quantitative estimate of drug-likeness (QED) is 0.805. The van der Waals surface area contributed by atoms with Gasteiger partial charge in [-0.25, -0.2) is 13.6 Å². The summed E-state index contributed by atoms with van der Waals surface area (Å²) in [5.41, 5.74) is -2.22. The Hall–Kier alpha value is -1.40. The number of nitrogens with zero attached hydrogens (tertiary/aromatic N) is 1. The van der Waals surface area contributed by atoms with Crippen LogP contribution in [0.4, 0.5) is 13.6 Å². The molecule has 0 aromatic carbocycles. The zero-order valence-corrected chi connectivity index (χ0v) is 11.8. The predicted molar refractivity (Wildman–Crippen MR) is 65.5 cm³/mol. The third kappa shape index (κ3) is 2.45. The van der Waals surface area contributed by atoms with Gasteiger partial charge in [0, 0.05) is 6.54 Å². The van der Waals surface area contributed by atoms with E-state index in [1.807, 2.05) is 0 Å². The standard InChI is InChI=1S/C13H19F2NO4/c1-11(2,3)20-10(19)16-5-4-12(13(14,15)7-16)6-8(12)9(17)18/h8H,4-7H2,1-3H3,(H,17,18). The predicted octanol–water partition coefficient (Wildman–Crippen LogP) is 2.35. The molecule has 1 aliphatic heterocycles. The summed E-state index contributed by atoms with van der Waals surface area (Å²) in [5.74, 6) is -5.38. The van der Waals surface area contributed by atoms with Gasteiger partial charge in [0.05, 0.1) is 17.9 Å². The molecule has 0 aromatic rings. The number of alkyl halides is 2. The van der Waals surface area contributed by atoms with Gasteiger partial charge in [-0.1, -0.05) is 0 Å². The lowest BCUT2D eigenvalue weighted by Crippen LogP contribution is -2.53. The number of likely N-dealkylation sites (tertiary alicyclic amines) is 1. The number of hydrogen-bond acceptors (Lipinski definition) is 3. The summed E-state index contributed by atoms with van der Waals surface area (Å²) in [6, 6.07) is 0. The molecule has 2 aliphatic rings. The summed E-state index contributed by atoms with van der Waals surface area (Å²) < 4.78 is 33.4. The van der Waals surface area contributed by atoms with Crippen molar-refractivity contribution in [1.82, 2.24) is 4.90 Å². The Morgan fingerprint density at radius 2 is 1.95 bits per heavy atom. The maximum Gasteiger partial charge on any atom is 0.410 e. The molecule has 5 nitrogen and oxygen atoms in total. The summed E-state index contributed by atoms with van der Waals surface area (Å²) in [7, 11) is 0. The van der Waals surface area contributed by atoms with Crippen LogP contribution < -0.4 is 0 Å². The number of amides is 1. The summed E-state index contributed by atoms with van der Waals surface area (Å²) in [4.78, 5) is 23.7. The lowest BCUT2D eigenvalue weighted by Gasteiger charge is -2.39. The highest BCUT2D eigenvalue weighted by Crippen LogP contribution is 2.65. The molecule has 2 unspecified atom stereocenters. The Kier molecular flexibility index (Phi) is 3.22. The van der Waals surface area contributed by atoms with Gasteiger partial charge in [0.15, 0.2) is 0 Å². The number of carbonyl (C=O) groups excluding carboxylic acids is 1. The SMILES string of the molecule is CC(C)(C)OC(=O)N1CCC2(CC2C(=O)O)C(F)(F)C1. The third-order valence-corrected chi connectivity index (χ3v) is 3.97. The molecule has 7 heteroatoms. The monoisotopic (exact) mass is 291 g/mol. The van der Waals surface area contributed by atoms with E-state index in [1.165, 1.54) is 0 Å². The zero-order chi connectivity index (χ0) is 15.3. The van der Waals surface area contributed by atoms with Crippen LogP contribution in [0.5, 0.6) is 0 Å². The van der Waals surface area contributed by atoms with E-state index in [4.69, 9.17) is 9.84 Å². The number of halogens is 2. The molecule has 1 aliphatic carbocycles. The van der Waals surface area contributed by atoms with Crippen molar-refractivity contribution in [3.8, 4) is 0 Å². The zero-order valence-electron chi connectivity index (χ0n) is 11.8. The van der Waals surface area contributed by atoms with Crippen LogP contribution >= 0.6 is 0 Å². The Morgan fingerprint density at radius 3 is 2.35 bits per heavy atom. The summed E-state index contributed by atoms with van der Waals surface area (Å²) in [6.45, 7) is 4.32. The third-order valence-electron chi connectivity index (χ3n) is 3.97. The van der Waals surface area contributed by atoms with E-state index in [0.717, 1.165) is 4.90 Å². The van der Waals surface area contributed by atoms with Crippen LogP contribution in [-0.2, 0) is 9.53 Å². The second-order valence-electron chi connectivity index (χ2n) is 6.61. The fourth-order valence-corrected chi connectivity index (χ4v) is 2.79. The fraction of sp³-hybridized carbons (Fsp3) is 0.846. The lowest BCUT2D eigenvalue weighted by atomic mass is 9.87. The summed E-state index contributed by atoms with van der Waals surface area (Å²) in [6.07, 6.45) is -0.798. The molecule has 2 atom stereocenters. The topological polar surface area (TPSA) is 66.8 Å². The molecular formula is C13H19F2NO4. The highest BCUT2D eigenvalue weighted by molar-refractivity contribution is 5.75. The number of rotatable bonds is 1. The maximum absolute atomic E-state index is 14.2. The van der Waals surface area contributed by atoms with E-state index in [-0.39, 0.29) is 19.4 Å². The molecule has 2 rings (SSSR count). The largest absolute Gasteiger partial charge is 0.481 e. The van der Waals surface area contributed by atoms with E-state index in [0.29, 0.717) is 0 Å².